The maximum Gasteiger partial charge on any atom is 0.262 e. The van der Waals surface area contributed by atoms with Crippen LogP contribution >= 0.6 is 11.8 Å². The number of hydrogen-bond acceptors (Lipinski definition) is 7. The van der Waals surface area contributed by atoms with Crippen LogP contribution in [-0.2, 0) is 11.3 Å². The second kappa shape index (κ2) is 9.52. The Bertz CT molecular complexity index is 1210. The van der Waals surface area contributed by atoms with E-state index >= 15 is 0 Å². The van der Waals surface area contributed by atoms with Gasteiger partial charge in [0.05, 0.1) is 38.0 Å². The van der Waals surface area contributed by atoms with Gasteiger partial charge in [-0.1, -0.05) is 23.9 Å². The summed E-state index contributed by atoms with van der Waals surface area (Å²) in [4.78, 5) is 30.2. The minimum Gasteiger partial charge on any atom is -0.496 e. The molecule has 0 aliphatic heterocycles. The molecule has 1 amide bonds. The highest BCUT2D eigenvalue weighted by Gasteiger charge is 2.28. The Balaban J connectivity index is 1.47. The van der Waals surface area contributed by atoms with Crippen molar-refractivity contribution in [2.45, 2.75) is 30.6 Å². The number of hydrogen-bond donors (Lipinski definition) is 1. The first-order chi connectivity index (χ1) is 15.5. The van der Waals surface area contributed by atoms with Gasteiger partial charge in [0.1, 0.15) is 5.75 Å². The van der Waals surface area contributed by atoms with E-state index in [9.17, 15) is 9.59 Å². The van der Waals surface area contributed by atoms with Crippen molar-refractivity contribution in [1.29, 1.82) is 0 Å². The average molecular weight is 456 g/mol. The first-order valence-electron chi connectivity index (χ1n) is 10.2. The van der Waals surface area contributed by atoms with E-state index in [0.717, 1.165) is 18.4 Å². The van der Waals surface area contributed by atoms with Crippen LogP contribution in [0, 0.1) is 0 Å². The summed E-state index contributed by atoms with van der Waals surface area (Å²) in [6.45, 7) is 0.267. The summed E-state index contributed by atoms with van der Waals surface area (Å²) in [7, 11) is 4.67. The van der Waals surface area contributed by atoms with Gasteiger partial charge >= 0.3 is 0 Å². The number of nitrogens with zero attached hydrogens (tertiary/aromatic N) is 2. The summed E-state index contributed by atoms with van der Waals surface area (Å²) in [5.41, 5.74) is 1.37. The van der Waals surface area contributed by atoms with E-state index in [1.54, 1.807) is 44.1 Å². The van der Waals surface area contributed by atoms with E-state index in [1.807, 2.05) is 18.2 Å². The van der Waals surface area contributed by atoms with E-state index in [4.69, 9.17) is 14.2 Å². The van der Waals surface area contributed by atoms with Crippen molar-refractivity contribution < 1.29 is 19.0 Å². The monoisotopic (exact) mass is 455 g/mol. The molecule has 0 bridgehead atoms. The SMILES string of the molecule is COc1cc(OC)c(OC)cc1CNC(=O)CSc1nc2ccccc2c(=O)n1C1CC1. The van der Waals surface area contributed by atoms with Crippen molar-refractivity contribution in [1.82, 2.24) is 14.9 Å². The lowest BCUT2D eigenvalue weighted by Gasteiger charge is -2.15. The Labute approximate surface area is 189 Å². The summed E-state index contributed by atoms with van der Waals surface area (Å²) < 4.78 is 17.8. The van der Waals surface area contributed by atoms with E-state index in [2.05, 4.69) is 10.3 Å². The largest absolute Gasteiger partial charge is 0.496 e. The summed E-state index contributed by atoms with van der Waals surface area (Å²) in [5.74, 6) is 1.68. The molecule has 1 aliphatic rings. The molecule has 4 rings (SSSR count). The maximum atomic E-state index is 12.9. The Morgan fingerprint density at radius 1 is 1.09 bits per heavy atom. The summed E-state index contributed by atoms with van der Waals surface area (Å²) in [6.07, 6.45) is 1.91. The number of ether oxygens (including phenoxy) is 3. The highest BCUT2D eigenvalue weighted by Crippen LogP contribution is 2.37. The number of para-hydroxylation sites is 1. The minimum absolute atomic E-state index is 0.0453. The molecule has 1 fully saturated rings. The van der Waals surface area contributed by atoms with Crippen molar-refractivity contribution in [3.63, 3.8) is 0 Å². The molecule has 1 saturated carbocycles. The standard InChI is InChI=1S/C23H25N3O5S/c1-29-18-11-20(31-3)19(30-2)10-14(18)12-24-21(27)13-32-23-25-17-7-5-4-6-16(17)22(28)26(23)15-8-9-15/h4-7,10-11,15H,8-9,12-13H2,1-3H3,(H,24,27). The molecule has 2 aromatic carbocycles. The van der Waals surface area contributed by atoms with Crippen LogP contribution < -0.4 is 25.1 Å². The zero-order valence-corrected chi connectivity index (χ0v) is 19.0. The fourth-order valence-electron chi connectivity index (χ4n) is 3.49. The molecule has 3 aromatic rings. The Morgan fingerprint density at radius 3 is 2.47 bits per heavy atom. The van der Waals surface area contributed by atoms with Gasteiger partial charge in [-0.3, -0.25) is 14.2 Å². The van der Waals surface area contributed by atoms with Crippen LogP contribution in [-0.4, -0.2) is 42.5 Å². The predicted molar refractivity (Wildman–Crippen MR) is 123 cm³/mol. The van der Waals surface area contributed by atoms with Crippen molar-refractivity contribution in [2.24, 2.45) is 0 Å². The third-order valence-electron chi connectivity index (χ3n) is 5.28. The van der Waals surface area contributed by atoms with Crippen LogP contribution in [0.2, 0.25) is 0 Å². The summed E-state index contributed by atoms with van der Waals surface area (Å²) >= 11 is 1.28. The number of amides is 1. The van der Waals surface area contributed by atoms with E-state index in [1.165, 1.54) is 11.8 Å². The number of carbonyl (C=O) groups is 1. The van der Waals surface area contributed by atoms with Crippen molar-refractivity contribution in [3.8, 4) is 17.2 Å². The van der Waals surface area contributed by atoms with E-state index < -0.39 is 0 Å². The normalized spacial score (nSPS) is 13.1. The second-order valence-corrected chi connectivity index (χ2v) is 8.34. The molecule has 0 saturated heterocycles. The minimum atomic E-state index is -0.170. The van der Waals surface area contributed by atoms with Gasteiger partial charge in [0.25, 0.3) is 5.56 Å². The molecule has 168 valence electrons. The highest BCUT2D eigenvalue weighted by atomic mass is 32.2. The molecular weight excluding hydrogens is 430 g/mol. The number of nitrogens with one attached hydrogen (secondary N) is 1. The van der Waals surface area contributed by atoms with Gasteiger partial charge in [-0.2, -0.15) is 0 Å². The van der Waals surface area contributed by atoms with Gasteiger partial charge in [-0.25, -0.2) is 4.98 Å². The van der Waals surface area contributed by atoms with Crippen molar-refractivity contribution in [2.75, 3.05) is 27.1 Å². The van der Waals surface area contributed by atoms with E-state index in [-0.39, 0.29) is 29.8 Å². The lowest BCUT2D eigenvalue weighted by atomic mass is 10.1. The summed E-state index contributed by atoms with van der Waals surface area (Å²) in [6, 6.07) is 11.0. The average Bonchev–Trinajstić information content (AvgIpc) is 3.65. The van der Waals surface area contributed by atoms with Gasteiger partial charge in [0.15, 0.2) is 16.7 Å². The van der Waals surface area contributed by atoms with Crippen LogP contribution in [0.25, 0.3) is 10.9 Å². The molecule has 32 heavy (non-hydrogen) atoms. The molecule has 0 atom stereocenters. The molecule has 0 unspecified atom stereocenters. The topological polar surface area (TPSA) is 91.7 Å². The van der Waals surface area contributed by atoms with Gasteiger partial charge in [-0.05, 0) is 31.0 Å². The number of benzene rings is 2. The molecule has 1 aliphatic carbocycles. The fourth-order valence-corrected chi connectivity index (χ4v) is 4.38. The second-order valence-electron chi connectivity index (χ2n) is 7.40. The Morgan fingerprint density at radius 2 is 1.78 bits per heavy atom. The van der Waals surface area contributed by atoms with Crippen molar-refractivity contribution >= 4 is 28.6 Å². The van der Waals surface area contributed by atoms with Crippen molar-refractivity contribution in [3.05, 3.63) is 52.3 Å². The van der Waals surface area contributed by atoms with Crippen LogP contribution in [0.4, 0.5) is 0 Å². The van der Waals surface area contributed by atoms with Crippen LogP contribution in [0.1, 0.15) is 24.4 Å². The Hall–Kier alpha value is -3.20. The smallest absolute Gasteiger partial charge is 0.262 e. The van der Waals surface area contributed by atoms with Crippen LogP contribution in [0.5, 0.6) is 17.2 Å². The third-order valence-corrected chi connectivity index (χ3v) is 6.24. The first-order valence-corrected chi connectivity index (χ1v) is 11.2. The van der Waals surface area contributed by atoms with Gasteiger partial charge in [0.2, 0.25) is 5.91 Å². The molecule has 8 nitrogen and oxygen atoms in total. The predicted octanol–water partition coefficient (Wildman–Crippen LogP) is 3.17. The lowest BCUT2D eigenvalue weighted by molar-refractivity contribution is -0.118. The zero-order valence-electron chi connectivity index (χ0n) is 18.2. The molecule has 0 radical (unpaired) electrons. The molecule has 1 N–H and O–H groups in total. The number of methoxy groups -OCH3 is 3. The number of thioether (sulfide) groups is 1. The van der Waals surface area contributed by atoms with Gasteiger partial charge < -0.3 is 19.5 Å². The van der Waals surface area contributed by atoms with E-state index in [0.29, 0.717) is 33.3 Å². The molecular formula is C23H25N3O5S. The zero-order chi connectivity index (χ0) is 22.7. The first kappa shape index (κ1) is 22.0. The number of carbonyl (C=O) groups excluding carboxylic acids is 1. The number of rotatable bonds is 9. The van der Waals surface area contributed by atoms with Crippen LogP contribution in [0.3, 0.4) is 0 Å². The molecule has 9 heteroatoms. The molecule has 1 aromatic heterocycles. The maximum absolute atomic E-state index is 12.9. The van der Waals surface area contributed by atoms with Gasteiger partial charge in [-0.15, -0.1) is 0 Å². The quantitative estimate of drug-likeness (QED) is 0.391. The molecule has 1 heterocycles. The number of fused-ring (bicyclic) bond motifs is 1. The molecule has 0 spiro atoms. The third kappa shape index (κ3) is 4.52. The highest BCUT2D eigenvalue weighted by molar-refractivity contribution is 7.99. The number of aromatic nitrogens is 2. The Kier molecular flexibility index (Phi) is 6.55. The van der Waals surface area contributed by atoms with Crippen LogP contribution in [0.15, 0.2) is 46.3 Å². The fraction of sp³-hybridized carbons (Fsp3) is 0.348. The van der Waals surface area contributed by atoms with Gasteiger partial charge in [0, 0.05) is 24.2 Å². The summed E-state index contributed by atoms with van der Waals surface area (Å²) in [5, 5.41) is 4.08. The lowest BCUT2D eigenvalue weighted by Crippen LogP contribution is -2.26.